The van der Waals surface area contributed by atoms with Crippen LogP contribution in [0.4, 0.5) is 0 Å². The van der Waals surface area contributed by atoms with Crippen molar-refractivity contribution in [3.8, 4) is 0 Å². The fourth-order valence-electron chi connectivity index (χ4n) is 1.23. The van der Waals surface area contributed by atoms with Crippen LogP contribution in [0, 0.1) is 0 Å². The van der Waals surface area contributed by atoms with Gasteiger partial charge in [-0.15, -0.1) is 23.5 Å². The molecule has 1 atom stereocenters. The molecular weight excluding hydrogens is 172 g/mol. The van der Waals surface area contributed by atoms with Gasteiger partial charge in [0.2, 0.25) is 0 Å². The van der Waals surface area contributed by atoms with Gasteiger partial charge in [-0.2, -0.15) is 0 Å². The minimum Gasteiger partial charge on any atom is -0.127 e. The number of allylic oxidation sites excluding steroid dienone is 2. The summed E-state index contributed by atoms with van der Waals surface area (Å²) in [4.78, 5) is 3.17. The fourth-order valence-corrected chi connectivity index (χ4v) is 3.77. The third kappa shape index (κ3) is 2.75. The van der Waals surface area contributed by atoms with Crippen molar-refractivity contribution >= 4 is 23.5 Å². The molecule has 0 N–H and O–H groups in total. The molecule has 0 spiro atoms. The lowest BCUT2D eigenvalue weighted by Gasteiger charge is -2.05. The van der Waals surface area contributed by atoms with Gasteiger partial charge in [0.25, 0.3) is 0 Å². The van der Waals surface area contributed by atoms with Gasteiger partial charge in [0.05, 0.1) is 0 Å². The smallest absolute Gasteiger partial charge is 0.0109 e. The highest BCUT2D eigenvalue weighted by Crippen LogP contribution is 2.43. The van der Waals surface area contributed by atoms with Crippen LogP contribution in [0.25, 0.3) is 0 Å². The summed E-state index contributed by atoms with van der Waals surface area (Å²) >= 11 is 4.06. The Morgan fingerprint density at radius 1 is 1.55 bits per heavy atom. The molecule has 0 aromatic rings. The van der Waals surface area contributed by atoms with E-state index < -0.39 is 0 Å². The number of thioether (sulfide) groups is 2. The molecule has 0 fully saturated rings. The first kappa shape index (κ1) is 9.53. The van der Waals surface area contributed by atoms with Crippen LogP contribution in [0.5, 0.6) is 0 Å². The molecule has 1 rings (SSSR count). The number of hydrogen-bond donors (Lipinski definition) is 0. The Balaban J connectivity index is 2.51. The second kappa shape index (κ2) is 3.90. The van der Waals surface area contributed by atoms with Gasteiger partial charge in [0.1, 0.15) is 0 Å². The Kier molecular flexibility index (Phi) is 3.38. The quantitative estimate of drug-likeness (QED) is 0.645. The summed E-state index contributed by atoms with van der Waals surface area (Å²) in [5.41, 5.74) is 0. The highest BCUT2D eigenvalue weighted by Gasteiger charge is 2.19. The first-order chi connectivity index (χ1) is 5.09. The van der Waals surface area contributed by atoms with E-state index in [1.165, 1.54) is 6.42 Å². The van der Waals surface area contributed by atoms with Gasteiger partial charge >= 0.3 is 0 Å². The summed E-state index contributed by atoms with van der Waals surface area (Å²) in [6, 6.07) is 0. The van der Waals surface area contributed by atoms with Crippen LogP contribution in [0.3, 0.4) is 0 Å². The van der Waals surface area contributed by atoms with Crippen LogP contribution in [0.2, 0.25) is 0 Å². The van der Waals surface area contributed by atoms with Crippen LogP contribution >= 0.6 is 23.5 Å². The molecule has 0 amide bonds. The lowest BCUT2D eigenvalue weighted by Crippen LogP contribution is -1.91. The third-order valence-corrected chi connectivity index (χ3v) is 4.15. The fraction of sp³-hybridized carbons (Fsp3) is 0.778. The summed E-state index contributed by atoms with van der Waals surface area (Å²) in [5, 5.41) is 1.56. The predicted molar refractivity (Wildman–Crippen MR) is 57.1 cm³/mol. The van der Waals surface area contributed by atoms with Crippen molar-refractivity contribution in [1.29, 1.82) is 0 Å². The van der Waals surface area contributed by atoms with Crippen LogP contribution in [-0.4, -0.2) is 10.5 Å². The van der Waals surface area contributed by atoms with Gasteiger partial charge < -0.3 is 0 Å². The van der Waals surface area contributed by atoms with Gasteiger partial charge in [0, 0.05) is 10.5 Å². The third-order valence-electron chi connectivity index (χ3n) is 1.62. The second-order valence-corrected chi connectivity index (χ2v) is 6.60. The zero-order chi connectivity index (χ0) is 8.43. The predicted octanol–water partition coefficient (Wildman–Crippen LogP) is 3.88. The first-order valence-corrected chi connectivity index (χ1v) is 5.88. The van der Waals surface area contributed by atoms with Gasteiger partial charge in [-0.05, 0) is 23.2 Å². The minimum atomic E-state index is 0.742. The van der Waals surface area contributed by atoms with E-state index in [1.54, 1.807) is 9.81 Å². The van der Waals surface area contributed by atoms with Crippen molar-refractivity contribution in [2.45, 2.75) is 44.6 Å². The molecule has 1 aliphatic heterocycles. The molecule has 1 aliphatic rings. The molecule has 0 nitrogen and oxygen atoms in total. The summed E-state index contributed by atoms with van der Waals surface area (Å²) < 4.78 is 0. The molecule has 64 valence electrons. The molecule has 0 unspecified atom stereocenters. The van der Waals surface area contributed by atoms with Crippen LogP contribution < -0.4 is 0 Å². The standard InChI is InChI=1S/C9H16S2/c1-6(2)10-9-5-7(3)11-8(9)4/h6-7H,5H2,1-4H3/t7-/m1/s1. The minimum absolute atomic E-state index is 0.742. The molecular formula is C9H16S2. The van der Waals surface area contributed by atoms with Gasteiger partial charge in [-0.1, -0.05) is 20.8 Å². The van der Waals surface area contributed by atoms with E-state index in [0.717, 1.165) is 10.5 Å². The van der Waals surface area contributed by atoms with Gasteiger partial charge in [-0.3, -0.25) is 0 Å². The summed E-state index contributed by atoms with van der Waals surface area (Å²) in [5.74, 6) is 0. The Morgan fingerprint density at radius 3 is 2.55 bits per heavy atom. The van der Waals surface area contributed by atoms with Crippen LogP contribution in [-0.2, 0) is 0 Å². The van der Waals surface area contributed by atoms with E-state index in [-0.39, 0.29) is 0 Å². The molecule has 0 aliphatic carbocycles. The SMILES string of the molecule is CC1=C(SC(C)C)C[C@@H](C)S1. The summed E-state index contributed by atoms with van der Waals surface area (Å²) in [6.45, 7) is 9.08. The molecule has 0 radical (unpaired) electrons. The van der Waals surface area contributed by atoms with Crippen molar-refractivity contribution in [3.05, 3.63) is 9.81 Å². The van der Waals surface area contributed by atoms with Crippen molar-refractivity contribution in [2.24, 2.45) is 0 Å². The lowest BCUT2D eigenvalue weighted by atomic mass is 10.3. The monoisotopic (exact) mass is 188 g/mol. The molecule has 0 saturated heterocycles. The maximum atomic E-state index is 2.31. The Bertz CT molecular complexity index is 170. The van der Waals surface area contributed by atoms with E-state index in [1.807, 2.05) is 23.5 Å². The highest BCUT2D eigenvalue weighted by atomic mass is 32.2. The largest absolute Gasteiger partial charge is 0.127 e. The molecule has 0 aromatic carbocycles. The highest BCUT2D eigenvalue weighted by molar-refractivity contribution is 8.08. The second-order valence-electron chi connectivity index (χ2n) is 3.28. The molecule has 2 heteroatoms. The zero-order valence-electron chi connectivity index (χ0n) is 7.68. The Hall–Kier alpha value is 0.440. The van der Waals surface area contributed by atoms with Crippen molar-refractivity contribution < 1.29 is 0 Å². The van der Waals surface area contributed by atoms with Gasteiger partial charge in [0.15, 0.2) is 0 Å². The van der Waals surface area contributed by atoms with Crippen molar-refractivity contribution in [1.82, 2.24) is 0 Å². The molecule has 0 saturated carbocycles. The van der Waals surface area contributed by atoms with E-state index >= 15 is 0 Å². The normalized spacial score (nSPS) is 25.4. The van der Waals surface area contributed by atoms with Crippen molar-refractivity contribution in [3.63, 3.8) is 0 Å². The van der Waals surface area contributed by atoms with E-state index in [9.17, 15) is 0 Å². The number of hydrogen-bond acceptors (Lipinski definition) is 2. The van der Waals surface area contributed by atoms with Crippen LogP contribution in [0.15, 0.2) is 9.81 Å². The maximum Gasteiger partial charge on any atom is 0.0109 e. The molecule has 0 aromatic heterocycles. The van der Waals surface area contributed by atoms with E-state index in [0.29, 0.717) is 0 Å². The number of rotatable bonds is 2. The summed E-state index contributed by atoms with van der Waals surface area (Å²) in [6.07, 6.45) is 1.29. The Morgan fingerprint density at radius 2 is 2.18 bits per heavy atom. The van der Waals surface area contributed by atoms with Crippen molar-refractivity contribution in [2.75, 3.05) is 0 Å². The van der Waals surface area contributed by atoms with Crippen LogP contribution in [0.1, 0.15) is 34.1 Å². The Labute approximate surface area is 78.2 Å². The molecule has 0 bridgehead atoms. The van der Waals surface area contributed by atoms with Gasteiger partial charge in [-0.25, -0.2) is 0 Å². The topological polar surface area (TPSA) is 0 Å². The maximum absolute atomic E-state index is 2.31. The van der Waals surface area contributed by atoms with E-state index in [2.05, 4.69) is 27.7 Å². The summed E-state index contributed by atoms with van der Waals surface area (Å²) in [7, 11) is 0. The van der Waals surface area contributed by atoms with E-state index in [4.69, 9.17) is 0 Å². The average molecular weight is 188 g/mol. The lowest BCUT2D eigenvalue weighted by molar-refractivity contribution is 0.986. The first-order valence-electron chi connectivity index (χ1n) is 4.12. The molecule has 1 heterocycles. The zero-order valence-corrected chi connectivity index (χ0v) is 9.31. The average Bonchev–Trinajstić information content (AvgIpc) is 2.09. The molecule has 11 heavy (non-hydrogen) atoms.